The summed E-state index contributed by atoms with van der Waals surface area (Å²) >= 11 is 0. The summed E-state index contributed by atoms with van der Waals surface area (Å²) in [7, 11) is 4.79. The highest BCUT2D eigenvalue weighted by molar-refractivity contribution is 5.96. The van der Waals surface area contributed by atoms with Gasteiger partial charge in [-0.05, 0) is 18.9 Å². The summed E-state index contributed by atoms with van der Waals surface area (Å²) in [4.78, 5) is 25.8. The maximum absolute atomic E-state index is 12.4. The van der Waals surface area contributed by atoms with E-state index in [0.29, 0.717) is 29.7 Å². The van der Waals surface area contributed by atoms with Crippen LogP contribution in [-0.4, -0.2) is 65.9 Å². The molecule has 1 aromatic carbocycles. The molecule has 4 atom stereocenters. The lowest BCUT2D eigenvalue weighted by Crippen LogP contribution is -2.35. The molecule has 1 fully saturated rings. The molecule has 1 aliphatic rings. The fourth-order valence-corrected chi connectivity index (χ4v) is 3.93. The summed E-state index contributed by atoms with van der Waals surface area (Å²) in [5, 5.41) is 14.0. The molecular formula is C18H25N6O5+. The van der Waals surface area contributed by atoms with Gasteiger partial charge in [-0.15, -0.1) is 0 Å². The van der Waals surface area contributed by atoms with E-state index in [1.54, 1.807) is 13.1 Å². The van der Waals surface area contributed by atoms with E-state index < -0.39 is 24.6 Å². The molecule has 0 unspecified atom stereocenters. The van der Waals surface area contributed by atoms with Crippen LogP contribution in [0, 0.1) is 0 Å². The van der Waals surface area contributed by atoms with E-state index >= 15 is 0 Å². The van der Waals surface area contributed by atoms with Crippen molar-refractivity contribution in [2.75, 3.05) is 32.3 Å². The zero-order valence-corrected chi connectivity index (χ0v) is 16.4. The predicted octanol–water partition coefficient (Wildman–Crippen LogP) is -0.478. The Morgan fingerprint density at radius 3 is 2.83 bits per heavy atom. The van der Waals surface area contributed by atoms with Gasteiger partial charge in [-0.3, -0.25) is 15.1 Å². The molecule has 156 valence electrons. The number of nitrogens with zero attached hydrogens (tertiary/aromatic N) is 1. The number of ether oxygens (including phenoxy) is 3. The molecule has 11 heteroatoms. The van der Waals surface area contributed by atoms with E-state index in [2.05, 4.69) is 25.3 Å². The number of imidazole rings is 1. The van der Waals surface area contributed by atoms with E-state index in [1.807, 2.05) is 0 Å². The summed E-state index contributed by atoms with van der Waals surface area (Å²) in [6.45, 7) is 0. The summed E-state index contributed by atoms with van der Waals surface area (Å²) in [5.74, 6) is 0.737. The number of hydrogen-bond acceptors (Lipinski definition) is 8. The Kier molecular flexibility index (Phi) is 5.13. The van der Waals surface area contributed by atoms with Crippen LogP contribution >= 0.6 is 0 Å². The van der Waals surface area contributed by atoms with Crippen LogP contribution in [0.25, 0.3) is 21.9 Å². The van der Waals surface area contributed by atoms with Crippen LogP contribution in [0.4, 0.5) is 11.9 Å². The highest BCUT2D eigenvalue weighted by Crippen LogP contribution is 2.30. The van der Waals surface area contributed by atoms with Gasteiger partial charge in [0.1, 0.15) is 23.2 Å². The van der Waals surface area contributed by atoms with Gasteiger partial charge in [-0.25, -0.2) is 15.0 Å². The topological polar surface area (TPSA) is 162 Å². The molecule has 3 heterocycles. The van der Waals surface area contributed by atoms with Gasteiger partial charge in [0.2, 0.25) is 5.95 Å². The first-order valence-corrected chi connectivity index (χ1v) is 9.30. The first kappa shape index (κ1) is 19.6. The van der Waals surface area contributed by atoms with Crippen molar-refractivity contribution >= 4 is 33.8 Å². The second-order valence-corrected chi connectivity index (χ2v) is 7.01. The van der Waals surface area contributed by atoms with Gasteiger partial charge in [-0.2, -0.15) is 0 Å². The van der Waals surface area contributed by atoms with Crippen molar-refractivity contribution in [3.05, 3.63) is 22.0 Å². The minimum absolute atomic E-state index is 0.0449. The van der Waals surface area contributed by atoms with Gasteiger partial charge in [0.25, 0.3) is 5.56 Å². The number of nitrogens with two attached hydrogens (primary N) is 1. The van der Waals surface area contributed by atoms with Crippen molar-refractivity contribution in [1.29, 1.82) is 0 Å². The molecule has 11 nitrogen and oxygen atoms in total. The summed E-state index contributed by atoms with van der Waals surface area (Å²) in [5.41, 5.74) is 8.35. The number of aliphatic hydroxyl groups is 1. The number of aromatic amines is 3. The normalized spacial score (nSPS) is 24.6. The lowest BCUT2D eigenvalue weighted by molar-refractivity contribution is -0.327. The van der Waals surface area contributed by atoms with Gasteiger partial charge in [0, 0.05) is 19.8 Å². The number of aryl methyl sites for hydroxylation is 1. The van der Waals surface area contributed by atoms with E-state index in [1.165, 1.54) is 14.2 Å². The maximum Gasteiger partial charge on any atom is 0.353 e. The number of fused-ring (bicyclic) bond motifs is 2. The first-order valence-electron chi connectivity index (χ1n) is 9.30. The lowest BCUT2D eigenvalue weighted by Gasteiger charge is -2.17. The minimum atomic E-state index is -0.833. The smallest absolute Gasteiger partial charge is 0.353 e. The van der Waals surface area contributed by atoms with Crippen molar-refractivity contribution in [2.45, 2.75) is 37.4 Å². The zero-order valence-electron chi connectivity index (χ0n) is 16.4. The van der Waals surface area contributed by atoms with Crippen LogP contribution in [0.2, 0.25) is 0 Å². The summed E-state index contributed by atoms with van der Waals surface area (Å²) in [6.07, 6.45) is -1.58. The predicted molar refractivity (Wildman–Crippen MR) is 106 cm³/mol. The number of methoxy groups -OCH3 is 2. The second-order valence-electron chi connectivity index (χ2n) is 7.01. The number of aliphatic hydroxyl groups excluding tert-OH is 1. The minimum Gasteiger partial charge on any atom is -0.387 e. The van der Waals surface area contributed by atoms with Crippen molar-refractivity contribution in [3.63, 3.8) is 0 Å². The highest BCUT2D eigenvalue weighted by Gasteiger charge is 2.44. The Morgan fingerprint density at radius 1 is 1.38 bits per heavy atom. The molecule has 0 aliphatic carbocycles. The third-order valence-electron chi connectivity index (χ3n) is 5.36. The second kappa shape index (κ2) is 7.59. The van der Waals surface area contributed by atoms with Gasteiger partial charge < -0.3 is 25.1 Å². The van der Waals surface area contributed by atoms with Crippen LogP contribution in [0.15, 0.2) is 10.9 Å². The van der Waals surface area contributed by atoms with Crippen LogP contribution in [-0.2, 0) is 20.6 Å². The molecular weight excluding hydrogens is 380 g/mol. The fourth-order valence-electron chi connectivity index (χ4n) is 3.93. The SMILES string of the molecule is CNc1[nH]c2cc3c(=O)[nH]c(N)nc3c(CC[C@H]3O[C@@H](OC)[C@H](OC)[C@@H]3O)c2[nH+]1. The largest absolute Gasteiger partial charge is 0.387 e. The van der Waals surface area contributed by atoms with Crippen molar-refractivity contribution in [2.24, 2.45) is 0 Å². The molecule has 4 rings (SSSR count). The van der Waals surface area contributed by atoms with Crippen LogP contribution in [0.5, 0.6) is 0 Å². The molecule has 7 N–H and O–H groups in total. The van der Waals surface area contributed by atoms with Crippen molar-refractivity contribution in [3.8, 4) is 0 Å². The summed E-state index contributed by atoms with van der Waals surface area (Å²) in [6, 6.07) is 1.74. The van der Waals surface area contributed by atoms with E-state index in [9.17, 15) is 9.90 Å². The average molecular weight is 405 g/mol. The van der Waals surface area contributed by atoms with Crippen LogP contribution in [0.1, 0.15) is 12.0 Å². The number of anilines is 2. The molecule has 0 radical (unpaired) electrons. The third-order valence-corrected chi connectivity index (χ3v) is 5.36. The van der Waals surface area contributed by atoms with Crippen LogP contribution in [0.3, 0.4) is 0 Å². The lowest BCUT2D eigenvalue weighted by atomic mass is 9.99. The van der Waals surface area contributed by atoms with Crippen molar-refractivity contribution in [1.82, 2.24) is 15.0 Å². The quantitative estimate of drug-likeness (QED) is 0.367. The van der Waals surface area contributed by atoms with E-state index in [0.717, 1.165) is 16.6 Å². The number of hydrogen-bond donors (Lipinski definition) is 5. The standard InChI is InChI=1S/C18H24N6O5/c1-20-18-21-9-6-8-11(22-17(19)24-15(8)26)7(12(9)23-18)4-5-10-13(25)14(27-2)16(28-3)29-10/h6,10,13-14,16,25H,4-5H2,1-3H3,(H2,20,21,23)(H3,19,22,24,26)/p+1/t10-,13-,14-,16-/m1/s1. The zero-order chi connectivity index (χ0) is 20.7. The number of aromatic nitrogens is 4. The van der Waals surface area contributed by atoms with E-state index in [4.69, 9.17) is 19.9 Å². The Morgan fingerprint density at radius 2 is 2.17 bits per heavy atom. The van der Waals surface area contributed by atoms with E-state index in [-0.39, 0.29) is 11.5 Å². The molecule has 0 spiro atoms. The molecule has 1 saturated heterocycles. The number of nitrogen functional groups attached to an aromatic ring is 1. The third kappa shape index (κ3) is 3.31. The number of H-pyrrole nitrogens is 3. The number of nitrogens with one attached hydrogen (secondary N) is 4. The van der Waals surface area contributed by atoms with Crippen LogP contribution < -0.4 is 21.6 Å². The number of benzene rings is 1. The molecule has 0 amide bonds. The molecule has 3 aromatic rings. The van der Waals surface area contributed by atoms with Crippen molar-refractivity contribution < 1.29 is 24.3 Å². The molecule has 0 bridgehead atoms. The maximum atomic E-state index is 12.4. The first-order chi connectivity index (χ1) is 14.0. The van der Waals surface area contributed by atoms with Gasteiger partial charge in [0.05, 0.1) is 24.1 Å². The van der Waals surface area contributed by atoms with Gasteiger partial charge in [-0.1, -0.05) is 0 Å². The molecule has 0 saturated carbocycles. The Balaban J connectivity index is 1.75. The fraction of sp³-hybridized carbons (Fsp3) is 0.500. The summed E-state index contributed by atoms with van der Waals surface area (Å²) < 4.78 is 16.4. The monoisotopic (exact) mass is 405 g/mol. The van der Waals surface area contributed by atoms with Gasteiger partial charge >= 0.3 is 5.95 Å². The highest BCUT2D eigenvalue weighted by atomic mass is 16.7. The number of rotatable bonds is 6. The molecule has 2 aromatic heterocycles. The average Bonchev–Trinajstić information content (AvgIpc) is 3.25. The Hall–Kier alpha value is -2.73. The van der Waals surface area contributed by atoms with Gasteiger partial charge in [0.15, 0.2) is 6.29 Å². The Bertz CT molecular complexity index is 1100. The molecule has 29 heavy (non-hydrogen) atoms. The molecule has 1 aliphatic heterocycles. The Labute approximate surface area is 165 Å².